The number of aromatic nitrogens is 4. The molecule has 0 spiro atoms. The molecule has 0 bridgehead atoms. The van der Waals surface area contributed by atoms with E-state index in [2.05, 4.69) is 35.9 Å². The van der Waals surface area contributed by atoms with Crippen LogP contribution in [0.15, 0.2) is 49.9 Å². The van der Waals surface area contributed by atoms with Gasteiger partial charge in [-0.2, -0.15) is 5.26 Å². The van der Waals surface area contributed by atoms with Crippen LogP contribution in [0.2, 0.25) is 10.3 Å². The van der Waals surface area contributed by atoms with Crippen molar-refractivity contribution >= 4 is 50.9 Å². The molecule has 0 saturated carbocycles. The van der Waals surface area contributed by atoms with E-state index >= 15 is 0 Å². The highest BCUT2D eigenvalue weighted by molar-refractivity contribution is 9.10. The number of nitrogens with one attached hydrogen (secondary N) is 1. The largest absolute Gasteiger partial charge is 0.300 e. The van der Waals surface area contributed by atoms with Gasteiger partial charge in [0.25, 0.3) is 5.56 Å². The fourth-order valence-corrected chi connectivity index (χ4v) is 3.45. The van der Waals surface area contributed by atoms with E-state index in [1.54, 1.807) is 24.3 Å². The van der Waals surface area contributed by atoms with Crippen LogP contribution in [0, 0.1) is 11.3 Å². The first-order valence-electron chi connectivity index (χ1n) is 6.64. The lowest BCUT2D eigenvalue weighted by molar-refractivity contribution is 0.910. The summed E-state index contributed by atoms with van der Waals surface area (Å²) >= 11 is 16.0. The molecule has 1 aromatic carbocycles. The lowest BCUT2D eigenvalue weighted by Crippen LogP contribution is -2.14. The van der Waals surface area contributed by atoms with Gasteiger partial charge < -0.3 is 0 Å². The number of benzene rings is 1. The summed E-state index contributed by atoms with van der Waals surface area (Å²) in [6, 6.07) is 10.4. The number of hydrogen-bond donors (Lipinski definition) is 1. The second kappa shape index (κ2) is 7.54. The maximum atomic E-state index is 12.2. The van der Waals surface area contributed by atoms with Gasteiger partial charge in [0.2, 0.25) is 0 Å². The molecule has 0 amide bonds. The average Bonchev–Trinajstić information content (AvgIpc) is 2.54. The Kier molecular flexibility index (Phi) is 5.39. The Labute approximate surface area is 164 Å². The van der Waals surface area contributed by atoms with E-state index in [9.17, 15) is 10.1 Å². The van der Waals surface area contributed by atoms with Crippen molar-refractivity contribution < 1.29 is 0 Å². The van der Waals surface area contributed by atoms with Crippen molar-refractivity contribution in [3.63, 3.8) is 0 Å². The van der Waals surface area contributed by atoms with Crippen molar-refractivity contribution in [3.05, 3.63) is 61.0 Å². The molecule has 6 nitrogen and oxygen atoms in total. The van der Waals surface area contributed by atoms with Crippen LogP contribution >= 0.6 is 50.9 Å². The van der Waals surface area contributed by atoms with E-state index in [4.69, 9.17) is 23.2 Å². The molecule has 2 aromatic heterocycles. The Morgan fingerprint density at radius 1 is 1.12 bits per heavy atom. The first-order chi connectivity index (χ1) is 12.0. The van der Waals surface area contributed by atoms with Crippen LogP contribution in [0.25, 0.3) is 11.3 Å². The maximum absolute atomic E-state index is 12.2. The van der Waals surface area contributed by atoms with E-state index in [1.807, 2.05) is 6.07 Å². The molecular weight excluding hydrogens is 449 g/mol. The van der Waals surface area contributed by atoms with Crippen molar-refractivity contribution in [2.24, 2.45) is 0 Å². The first-order valence-corrected chi connectivity index (χ1v) is 9.01. The molecule has 0 radical (unpaired) electrons. The number of nitrogens with zero attached hydrogens (tertiary/aromatic N) is 4. The van der Waals surface area contributed by atoms with Crippen molar-refractivity contribution in [2.45, 2.75) is 10.3 Å². The molecule has 0 saturated heterocycles. The first kappa shape index (κ1) is 17.9. The standard InChI is InChI=1S/C15H6BrCl2N5OS/c16-8-3-1-7(2-4-8)12-9(6-19)13(24)23-15(22-12)25-14-20-10(17)5-11(18)21-14/h1-5H,(H,22,23,24). The quantitative estimate of drug-likeness (QED) is 0.467. The molecule has 0 unspecified atom stereocenters. The molecule has 124 valence electrons. The molecular formula is C15H6BrCl2N5OS. The second-order valence-electron chi connectivity index (χ2n) is 4.61. The van der Waals surface area contributed by atoms with Gasteiger partial charge in [-0.25, -0.2) is 15.0 Å². The van der Waals surface area contributed by atoms with E-state index < -0.39 is 5.56 Å². The maximum Gasteiger partial charge on any atom is 0.270 e. The molecule has 0 aliphatic carbocycles. The monoisotopic (exact) mass is 453 g/mol. The van der Waals surface area contributed by atoms with Crippen LogP contribution in [0.4, 0.5) is 0 Å². The topological polar surface area (TPSA) is 95.3 Å². The third-order valence-electron chi connectivity index (χ3n) is 2.96. The fourth-order valence-electron chi connectivity index (χ4n) is 1.92. The highest BCUT2D eigenvalue weighted by Gasteiger charge is 2.15. The molecule has 3 aromatic rings. The van der Waals surface area contributed by atoms with Gasteiger partial charge in [-0.15, -0.1) is 0 Å². The molecule has 1 N–H and O–H groups in total. The van der Waals surface area contributed by atoms with Crippen LogP contribution in [-0.2, 0) is 0 Å². The summed E-state index contributed by atoms with van der Waals surface area (Å²) in [4.78, 5) is 27.1. The van der Waals surface area contributed by atoms with Gasteiger partial charge in [0, 0.05) is 16.1 Å². The zero-order valence-corrected chi connectivity index (χ0v) is 16.0. The second-order valence-corrected chi connectivity index (χ2v) is 7.26. The SMILES string of the molecule is N#Cc1c(-c2ccc(Br)cc2)nc(Sc2nc(Cl)cc(Cl)n2)[nH]c1=O. The third kappa shape index (κ3) is 4.19. The molecule has 0 aliphatic heterocycles. The minimum atomic E-state index is -0.550. The van der Waals surface area contributed by atoms with Crippen molar-refractivity contribution in [1.29, 1.82) is 5.26 Å². The molecule has 10 heteroatoms. The van der Waals surface area contributed by atoms with Crippen LogP contribution in [0.3, 0.4) is 0 Å². The Hall–Kier alpha value is -1.92. The minimum Gasteiger partial charge on any atom is -0.300 e. The molecule has 0 fully saturated rings. The van der Waals surface area contributed by atoms with Crippen molar-refractivity contribution in [2.75, 3.05) is 0 Å². The number of aromatic amines is 1. The van der Waals surface area contributed by atoms with E-state index in [0.29, 0.717) is 5.56 Å². The molecule has 0 atom stereocenters. The third-order valence-corrected chi connectivity index (χ3v) is 4.63. The lowest BCUT2D eigenvalue weighted by atomic mass is 10.1. The van der Waals surface area contributed by atoms with Gasteiger partial charge in [-0.1, -0.05) is 51.3 Å². The predicted octanol–water partition coefficient (Wildman–Crippen LogP) is 4.32. The number of nitriles is 1. The Morgan fingerprint density at radius 3 is 2.36 bits per heavy atom. The van der Waals surface area contributed by atoms with Gasteiger partial charge in [0.05, 0.1) is 5.69 Å². The number of hydrogen-bond acceptors (Lipinski definition) is 6. The molecule has 3 rings (SSSR count). The summed E-state index contributed by atoms with van der Waals surface area (Å²) in [5, 5.41) is 10.1. The highest BCUT2D eigenvalue weighted by atomic mass is 79.9. The molecule has 0 aliphatic rings. The Morgan fingerprint density at radius 2 is 1.76 bits per heavy atom. The zero-order valence-electron chi connectivity index (χ0n) is 12.1. The van der Waals surface area contributed by atoms with Gasteiger partial charge in [0.1, 0.15) is 21.9 Å². The van der Waals surface area contributed by atoms with E-state index in [0.717, 1.165) is 16.2 Å². The van der Waals surface area contributed by atoms with Crippen LogP contribution in [-0.4, -0.2) is 19.9 Å². The van der Waals surface area contributed by atoms with Gasteiger partial charge in [-0.3, -0.25) is 9.78 Å². The minimum absolute atomic E-state index is 0.0725. The summed E-state index contributed by atoms with van der Waals surface area (Å²) in [5.74, 6) is 0. The van der Waals surface area contributed by atoms with Gasteiger partial charge in [-0.05, 0) is 23.9 Å². The van der Waals surface area contributed by atoms with Gasteiger partial charge in [0.15, 0.2) is 10.3 Å². The summed E-state index contributed by atoms with van der Waals surface area (Å²) in [5.41, 5.74) is 0.287. The van der Waals surface area contributed by atoms with Crippen LogP contribution < -0.4 is 5.56 Å². The Bertz CT molecular complexity index is 1030. The van der Waals surface area contributed by atoms with Gasteiger partial charge >= 0.3 is 0 Å². The van der Waals surface area contributed by atoms with E-state index in [1.165, 1.54) is 6.07 Å². The Balaban J connectivity index is 2.09. The molecule has 25 heavy (non-hydrogen) atoms. The van der Waals surface area contributed by atoms with Crippen molar-refractivity contribution in [3.8, 4) is 17.3 Å². The lowest BCUT2D eigenvalue weighted by Gasteiger charge is -2.06. The summed E-state index contributed by atoms with van der Waals surface area (Å²) < 4.78 is 0.871. The van der Waals surface area contributed by atoms with E-state index in [-0.39, 0.29) is 31.9 Å². The average molecular weight is 455 g/mol. The van der Waals surface area contributed by atoms with Crippen LogP contribution in [0.5, 0.6) is 0 Å². The predicted molar refractivity (Wildman–Crippen MR) is 98.9 cm³/mol. The van der Waals surface area contributed by atoms with Crippen LogP contribution in [0.1, 0.15) is 5.56 Å². The summed E-state index contributed by atoms with van der Waals surface area (Å²) in [6.07, 6.45) is 0. The smallest absolute Gasteiger partial charge is 0.270 e. The normalized spacial score (nSPS) is 10.5. The highest BCUT2D eigenvalue weighted by Crippen LogP contribution is 2.27. The summed E-state index contributed by atoms with van der Waals surface area (Å²) in [6.45, 7) is 0. The number of H-pyrrole nitrogens is 1. The number of halogens is 3. The van der Waals surface area contributed by atoms with Crippen molar-refractivity contribution in [1.82, 2.24) is 19.9 Å². The molecule has 2 heterocycles. The summed E-state index contributed by atoms with van der Waals surface area (Å²) in [7, 11) is 0. The zero-order chi connectivity index (χ0) is 18.0. The number of rotatable bonds is 3. The fraction of sp³-hybridized carbons (Fsp3) is 0.